The molecule has 1 saturated carbocycles. The van der Waals surface area contributed by atoms with Crippen molar-refractivity contribution >= 4 is 17.0 Å². The van der Waals surface area contributed by atoms with Crippen molar-refractivity contribution in [2.75, 3.05) is 0 Å². The van der Waals surface area contributed by atoms with Crippen molar-refractivity contribution in [1.29, 1.82) is 0 Å². The van der Waals surface area contributed by atoms with E-state index in [-0.39, 0.29) is 19.2 Å². The highest BCUT2D eigenvalue weighted by Gasteiger charge is 2.44. The summed E-state index contributed by atoms with van der Waals surface area (Å²) in [6.07, 6.45) is 15.0. The van der Waals surface area contributed by atoms with Crippen molar-refractivity contribution < 1.29 is 9.90 Å². The number of benzene rings is 1. The van der Waals surface area contributed by atoms with Gasteiger partial charge >= 0.3 is 5.97 Å². The van der Waals surface area contributed by atoms with Crippen molar-refractivity contribution in [2.45, 2.75) is 109 Å². The van der Waals surface area contributed by atoms with Gasteiger partial charge in [0.2, 0.25) is 5.69 Å². The summed E-state index contributed by atoms with van der Waals surface area (Å²) in [5.74, 6) is -1.24. The molecule has 6 heteroatoms. The van der Waals surface area contributed by atoms with Crippen LogP contribution in [0, 0.1) is 0 Å². The van der Waals surface area contributed by atoms with Crippen molar-refractivity contribution in [1.82, 2.24) is 14.5 Å². The van der Waals surface area contributed by atoms with Crippen molar-refractivity contribution in [2.24, 2.45) is 0 Å². The van der Waals surface area contributed by atoms with Gasteiger partial charge in [0.15, 0.2) is 0 Å². The Labute approximate surface area is 190 Å². The Bertz CT molecular complexity index is 993. The van der Waals surface area contributed by atoms with E-state index in [0.29, 0.717) is 23.6 Å². The van der Waals surface area contributed by atoms with Crippen LogP contribution < -0.4 is 5.56 Å². The number of para-hydroxylation sites is 2. The van der Waals surface area contributed by atoms with Gasteiger partial charge in [-0.25, -0.2) is 9.78 Å². The average Bonchev–Trinajstić information content (AvgIpc) is 3.10. The molecule has 2 saturated heterocycles. The lowest BCUT2D eigenvalue weighted by Gasteiger charge is -2.44. The fraction of sp³-hybridized carbons (Fsp3) is 0.654. The molecule has 1 aromatic carbocycles. The number of carboxylic acids is 1. The molecule has 1 unspecified atom stereocenters. The molecule has 3 heterocycles. The first-order valence-corrected chi connectivity index (χ1v) is 12.2. The van der Waals surface area contributed by atoms with Crippen LogP contribution in [0.2, 0.25) is 0 Å². The third-order valence-corrected chi connectivity index (χ3v) is 7.87. The van der Waals surface area contributed by atoms with Gasteiger partial charge in [0, 0.05) is 24.2 Å². The predicted molar refractivity (Wildman–Crippen MR) is 127 cm³/mol. The number of carboxylic acid groups (broad SMARTS) is 1. The molecule has 1 aromatic heterocycles. The minimum atomic E-state index is -1.24. The standard InChI is InChI=1S/C25H33N3O3.CH4/c29-24-23(25(30)31)26-21-11-7-8-12-22(21)28(24)20-15-18-13-14-19(16-20)27(18)17-9-5-3-1-2-4-6-10-17;/h7-8,11-12,17-20H,1-6,9-10,13-16H2,(H,30,31);1H4/t18-,19+,20?;. The molecule has 6 nitrogen and oxygen atoms in total. The number of hydrogen-bond acceptors (Lipinski definition) is 4. The lowest BCUT2D eigenvalue weighted by Crippen LogP contribution is -2.50. The molecule has 2 bridgehead atoms. The normalized spacial score (nSPS) is 27.3. The van der Waals surface area contributed by atoms with Crippen molar-refractivity contribution in [3.63, 3.8) is 0 Å². The maximum absolute atomic E-state index is 13.2. The van der Waals surface area contributed by atoms with E-state index in [2.05, 4.69) is 9.88 Å². The van der Waals surface area contributed by atoms with Crippen LogP contribution >= 0.6 is 0 Å². The van der Waals surface area contributed by atoms with Crippen LogP contribution in [0.5, 0.6) is 0 Å². The minimum Gasteiger partial charge on any atom is -0.476 e. The topological polar surface area (TPSA) is 75.4 Å². The van der Waals surface area contributed by atoms with E-state index in [1.807, 2.05) is 18.2 Å². The second kappa shape index (κ2) is 9.74. The molecule has 3 fully saturated rings. The highest BCUT2D eigenvalue weighted by Crippen LogP contribution is 2.44. The number of aromatic carboxylic acids is 1. The van der Waals surface area contributed by atoms with Crippen LogP contribution in [-0.4, -0.2) is 43.7 Å². The van der Waals surface area contributed by atoms with Crippen LogP contribution in [-0.2, 0) is 0 Å². The van der Waals surface area contributed by atoms with Gasteiger partial charge in [0.05, 0.1) is 11.0 Å². The third kappa shape index (κ3) is 4.21. The smallest absolute Gasteiger partial charge is 0.360 e. The lowest BCUT2D eigenvalue weighted by atomic mass is 9.91. The Morgan fingerprint density at radius 3 is 2.06 bits per heavy atom. The molecule has 2 aromatic rings. The molecular weight excluding hydrogens is 402 g/mol. The number of fused-ring (bicyclic) bond motifs is 3. The van der Waals surface area contributed by atoms with Gasteiger partial charge < -0.3 is 9.67 Å². The number of piperidine rings is 1. The molecule has 174 valence electrons. The summed E-state index contributed by atoms with van der Waals surface area (Å²) >= 11 is 0. The fourth-order valence-electron chi connectivity index (χ4n) is 6.56. The SMILES string of the molecule is C.O=C(O)c1nc2ccccc2n(C2C[C@H]3CC[C@@H](C2)N3C2CCCCCCCC2)c1=O. The number of hydrogen-bond donors (Lipinski definition) is 1. The Balaban J connectivity index is 0.00000245. The number of carbonyl (C=O) groups is 1. The summed E-state index contributed by atoms with van der Waals surface area (Å²) < 4.78 is 1.76. The fourth-order valence-corrected chi connectivity index (χ4v) is 6.56. The maximum Gasteiger partial charge on any atom is 0.360 e. The lowest BCUT2D eigenvalue weighted by molar-refractivity contribution is 0.0521. The van der Waals surface area contributed by atoms with Crippen molar-refractivity contribution in [3.8, 4) is 0 Å². The zero-order valence-corrected chi connectivity index (χ0v) is 18.2. The summed E-state index contributed by atoms with van der Waals surface area (Å²) in [5.41, 5.74) is 0.541. The van der Waals surface area contributed by atoms with Gasteiger partial charge in [-0.15, -0.1) is 0 Å². The largest absolute Gasteiger partial charge is 0.476 e. The maximum atomic E-state index is 13.2. The number of aromatic nitrogens is 2. The molecule has 3 aliphatic rings. The van der Waals surface area contributed by atoms with E-state index in [9.17, 15) is 14.7 Å². The highest BCUT2D eigenvalue weighted by molar-refractivity contribution is 5.88. The van der Waals surface area contributed by atoms with Crippen LogP contribution in [0.4, 0.5) is 0 Å². The van der Waals surface area contributed by atoms with Gasteiger partial charge in [-0.1, -0.05) is 58.1 Å². The molecular formula is C26H37N3O3. The Morgan fingerprint density at radius 1 is 0.844 bits per heavy atom. The molecule has 1 N–H and O–H groups in total. The quantitative estimate of drug-likeness (QED) is 0.693. The first-order chi connectivity index (χ1) is 15.1. The summed E-state index contributed by atoms with van der Waals surface area (Å²) in [7, 11) is 0. The number of nitrogens with zero attached hydrogens (tertiary/aromatic N) is 3. The summed E-state index contributed by atoms with van der Waals surface area (Å²) in [4.78, 5) is 31.8. The van der Waals surface area contributed by atoms with Gasteiger partial charge in [-0.05, 0) is 50.7 Å². The second-order valence-electron chi connectivity index (χ2n) is 9.74. The molecule has 5 rings (SSSR count). The van der Waals surface area contributed by atoms with Gasteiger partial charge in [-0.2, -0.15) is 0 Å². The first-order valence-electron chi connectivity index (χ1n) is 12.2. The Morgan fingerprint density at radius 2 is 1.44 bits per heavy atom. The second-order valence-corrected chi connectivity index (χ2v) is 9.74. The molecule has 3 atom stereocenters. The summed E-state index contributed by atoms with van der Waals surface area (Å²) in [5, 5.41) is 9.56. The van der Waals surface area contributed by atoms with Crippen LogP contribution in [0.15, 0.2) is 29.1 Å². The molecule has 32 heavy (non-hydrogen) atoms. The van der Waals surface area contributed by atoms with E-state index < -0.39 is 11.5 Å². The Hall–Kier alpha value is -2.21. The van der Waals surface area contributed by atoms with E-state index >= 15 is 0 Å². The zero-order valence-electron chi connectivity index (χ0n) is 18.2. The van der Waals surface area contributed by atoms with Crippen molar-refractivity contribution in [3.05, 3.63) is 40.3 Å². The van der Waals surface area contributed by atoms with E-state index in [1.54, 1.807) is 10.6 Å². The van der Waals surface area contributed by atoms with E-state index in [4.69, 9.17) is 0 Å². The first kappa shape index (κ1) is 23.0. The molecule has 1 aliphatic carbocycles. The van der Waals surface area contributed by atoms with E-state index in [1.165, 1.54) is 64.2 Å². The molecule has 0 amide bonds. The molecule has 0 radical (unpaired) electrons. The monoisotopic (exact) mass is 439 g/mol. The van der Waals surface area contributed by atoms with Crippen LogP contribution in [0.25, 0.3) is 11.0 Å². The molecule has 0 spiro atoms. The van der Waals surface area contributed by atoms with Crippen LogP contribution in [0.3, 0.4) is 0 Å². The van der Waals surface area contributed by atoms with Gasteiger partial charge in [-0.3, -0.25) is 9.69 Å². The van der Waals surface area contributed by atoms with Gasteiger partial charge in [0.1, 0.15) is 0 Å². The van der Waals surface area contributed by atoms with Crippen LogP contribution in [0.1, 0.15) is 101 Å². The van der Waals surface area contributed by atoms with E-state index in [0.717, 1.165) is 18.4 Å². The third-order valence-electron chi connectivity index (χ3n) is 7.87. The zero-order chi connectivity index (χ0) is 21.4. The number of rotatable bonds is 3. The minimum absolute atomic E-state index is 0. The highest BCUT2D eigenvalue weighted by atomic mass is 16.4. The summed E-state index contributed by atoms with van der Waals surface area (Å²) in [6, 6.07) is 9.19. The summed E-state index contributed by atoms with van der Waals surface area (Å²) in [6.45, 7) is 0. The molecule has 2 aliphatic heterocycles. The van der Waals surface area contributed by atoms with Gasteiger partial charge in [0.25, 0.3) is 5.56 Å². The Kier molecular flexibility index (Phi) is 6.99. The predicted octanol–water partition coefficient (Wildman–Crippen LogP) is 5.40. The average molecular weight is 440 g/mol.